The lowest BCUT2D eigenvalue weighted by molar-refractivity contribution is -0.145. The zero-order chi connectivity index (χ0) is 22.9. The number of rotatable bonds is 6. The highest BCUT2D eigenvalue weighted by Crippen LogP contribution is 2.38. The van der Waals surface area contributed by atoms with E-state index in [4.69, 9.17) is 0 Å². The monoisotopic (exact) mass is 450 g/mol. The minimum absolute atomic E-state index is 0.0151. The van der Waals surface area contributed by atoms with Crippen molar-refractivity contribution in [1.29, 1.82) is 0 Å². The Kier molecular flexibility index (Phi) is 6.57. The molecule has 2 amide bonds. The van der Waals surface area contributed by atoms with E-state index in [0.29, 0.717) is 13.1 Å². The third-order valence-electron chi connectivity index (χ3n) is 6.82. The van der Waals surface area contributed by atoms with Gasteiger partial charge in [0.05, 0.1) is 6.04 Å². The maximum atomic E-state index is 13.6. The molecule has 0 bridgehead atoms. The summed E-state index contributed by atoms with van der Waals surface area (Å²) in [6, 6.07) is 10.8. The molecule has 1 saturated carbocycles. The summed E-state index contributed by atoms with van der Waals surface area (Å²) < 4.78 is 0. The summed E-state index contributed by atoms with van der Waals surface area (Å²) in [6.45, 7) is 11.7. The summed E-state index contributed by atoms with van der Waals surface area (Å²) in [6.07, 6.45) is 5.57. The van der Waals surface area contributed by atoms with Crippen molar-refractivity contribution in [2.75, 3.05) is 19.6 Å². The predicted octanol–water partition coefficient (Wildman–Crippen LogP) is 5.33. The number of carbonyl (C=O) groups excluding carboxylic acids is 2. The molecule has 0 N–H and O–H groups in total. The Labute approximate surface area is 195 Å². The zero-order valence-electron chi connectivity index (χ0n) is 19.5. The van der Waals surface area contributed by atoms with Crippen LogP contribution < -0.4 is 0 Å². The van der Waals surface area contributed by atoms with Crippen molar-refractivity contribution in [1.82, 2.24) is 9.80 Å². The van der Waals surface area contributed by atoms with Crippen LogP contribution in [0.5, 0.6) is 0 Å². The first-order valence-corrected chi connectivity index (χ1v) is 12.5. The second kappa shape index (κ2) is 9.22. The Morgan fingerprint density at radius 2 is 1.91 bits per heavy atom. The molecule has 32 heavy (non-hydrogen) atoms. The van der Waals surface area contributed by atoms with Gasteiger partial charge >= 0.3 is 0 Å². The van der Waals surface area contributed by atoms with Gasteiger partial charge in [-0.1, -0.05) is 57.5 Å². The van der Waals surface area contributed by atoms with Gasteiger partial charge in [-0.05, 0) is 52.8 Å². The van der Waals surface area contributed by atoms with E-state index in [0.717, 1.165) is 31.2 Å². The Morgan fingerprint density at radius 1 is 1.19 bits per heavy atom. The molecule has 0 radical (unpaired) electrons. The molecule has 2 aromatic rings. The molecular formula is C27H34N2O2S. The van der Waals surface area contributed by atoms with Gasteiger partial charge in [-0.25, -0.2) is 0 Å². The highest BCUT2D eigenvalue weighted by atomic mass is 32.1. The first kappa shape index (κ1) is 22.8. The minimum Gasteiger partial charge on any atom is -0.330 e. The van der Waals surface area contributed by atoms with Crippen LogP contribution in [0.4, 0.5) is 0 Å². The fourth-order valence-corrected chi connectivity index (χ4v) is 5.57. The maximum absolute atomic E-state index is 13.6. The number of nitrogens with zero attached hydrogens (tertiary/aromatic N) is 2. The van der Waals surface area contributed by atoms with E-state index in [-0.39, 0.29) is 35.7 Å². The first-order chi connectivity index (χ1) is 15.3. The highest BCUT2D eigenvalue weighted by Gasteiger charge is 2.35. The quantitative estimate of drug-likeness (QED) is 0.558. The SMILES string of the molecule is C=CCN(CC(=O)N1CCc2sccc2C1c1ccc(C(C)(C)C)cc1)C(=O)C1CCC1. The molecule has 170 valence electrons. The van der Waals surface area contributed by atoms with Crippen molar-refractivity contribution in [3.8, 4) is 0 Å². The molecule has 4 rings (SSSR count). The van der Waals surface area contributed by atoms with Crippen molar-refractivity contribution in [2.45, 2.75) is 57.9 Å². The predicted molar refractivity (Wildman–Crippen MR) is 131 cm³/mol. The summed E-state index contributed by atoms with van der Waals surface area (Å²) >= 11 is 1.77. The largest absolute Gasteiger partial charge is 0.330 e. The van der Waals surface area contributed by atoms with Crippen LogP contribution in [0, 0.1) is 5.92 Å². The third kappa shape index (κ3) is 4.54. The lowest BCUT2D eigenvalue weighted by atomic mass is 9.84. The molecule has 0 spiro atoms. The number of amides is 2. The molecule has 2 aliphatic rings. The van der Waals surface area contributed by atoms with E-state index >= 15 is 0 Å². The van der Waals surface area contributed by atoms with Crippen LogP contribution in [0.1, 0.15) is 67.6 Å². The normalized spacial score (nSPS) is 18.6. The molecule has 1 aromatic heterocycles. The van der Waals surface area contributed by atoms with Gasteiger partial charge in [-0.2, -0.15) is 0 Å². The third-order valence-corrected chi connectivity index (χ3v) is 7.82. The van der Waals surface area contributed by atoms with Crippen molar-refractivity contribution in [2.24, 2.45) is 5.92 Å². The van der Waals surface area contributed by atoms with Crippen LogP contribution in [0.25, 0.3) is 0 Å². The van der Waals surface area contributed by atoms with Gasteiger partial charge in [0, 0.05) is 23.9 Å². The number of hydrogen-bond donors (Lipinski definition) is 0. The summed E-state index contributed by atoms with van der Waals surface area (Å²) in [5.41, 5.74) is 3.72. The molecule has 5 heteroatoms. The lowest BCUT2D eigenvalue weighted by Crippen LogP contribution is -2.48. The molecule has 4 nitrogen and oxygen atoms in total. The summed E-state index contributed by atoms with van der Waals surface area (Å²) in [5.74, 6) is 0.193. The molecule has 2 heterocycles. The van der Waals surface area contributed by atoms with Gasteiger partial charge in [0.2, 0.25) is 11.8 Å². The summed E-state index contributed by atoms with van der Waals surface area (Å²) in [5, 5.41) is 2.12. The van der Waals surface area contributed by atoms with Crippen molar-refractivity contribution >= 4 is 23.2 Å². The van der Waals surface area contributed by atoms with Gasteiger partial charge < -0.3 is 9.80 Å². The molecule has 1 aliphatic heterocycles. The van der Waals surface area contributed by atoms with Gasteiger partial charge in [0.15, 0.2) is 0 Å². The van der Waals surface area contributed by atoms with E-state index in [9.17, 15) is 9.59 Å². The molecule has 1 atom stereocenters. The van der Waals surface area contributed by atoms with Crippen LogP contribution in [0.3, 0.4) is 0 Å². The molecule has 1 aliphatic carbocycles. The van der Waals surface area contributed by atoms with Crippen LogP contribution in [0.2, 0.25) is 0 Å². The Hall–Kier alpha value is -2.40. The Bertz CT molecular complexity index is 982. The lowest BCUT2D eigenvalue weighted by Gasteiger charge is -2.38. The van der Waals surface area contributed by atoms with Gasteiger partial charge in [0.25, 0.3) is 0 Å². The first-order valence-electron chi connectivity index (χ1n) is 11.7. The number of benzene rings is 1. The summed E-state index contributed by atoms with van der Waals surface area (Å²) in [7, 11) is 0. The second-order valence-electron chi connectivity index (χ2n) is 10.0. The smallest absolute Gasteiger partial charge is 0.243 e. The molecule has 1 unspecified atom stereocenters. The van der Waals surface area contributed by atoms with E-state index in [1.807, 2.05) is 4.90 Å². The van der Waals surface area contributed by atoms with Gasteiger partial charge in [0.1, 0.15) is 6.54 Å². The van der Waals surface area contributed by atoms with Gasteiger partial charge in [-0.15, -0.1) is 17.9 Å². The average molecular weight is 451 g/mol. The average Bonchev–Trinajstić information content (AvgIpc) is 3.19. The molecular weight excluding hydrogens is 416 g/mol. The van der Waals surface area contributed by atoms with E-state index in [2.05, 4.69) is 63.1 Å². The van der Waals surface area contributed by atoms with Gasteiger partial charge in [-0.3, -0.25) is 9.59 Å². The number of hydrogen-bond acceptors (Lipinski definition) is 3. The standard InChI is InChI=1S/C27H34N2O2S/c1-5-15-28(26(31)20-7-6-8-20)18-24(30)29-16-13-23-22(14-17-32-23)25(29)19-9-11-21(12-10-19)27(2,3)4/h5,9-12,14,17,20,25H,1,6-8,13,15-16,18H2,2-4H3. The van der Waals surface area contributed by atoms with Crippen molar-refractivity contribution < 1.29 is 9.59 Å². The fourth-order valence-electron chi connectivity index (χ4n) is 4.67. The zero-order valence-corrected chi connectivity index (χ0v) is 20.3. The van der Waals surface area contributed by atoms with Crippen LogP contribution in [-0.2, 0) is 21.4 Å². The Morgan fingerprint density at radius 3 is 2.50 bits per heavy atom. The van der Waals surface area contributed by atoms with E-state index < -0.39 is 0 Å². The van der Waals surface area contributed by atoms with Crippen molar-refractivity contribution in [3.05, 3.63) is 69.9 Å². The van der Waals surface area contributed by atoms with Crippen LogP contribution in [-0.4, -0.2) is 41.2 Å². The second-order valence-corrected chi connectivity index (χ2v) is 11.0. The van der Waals surface area contributed by atoms with Crippen LogP contribution >= 0.6 is 11.3 Å². The molecule has 0 saturated heterocycles. The van der Waals surface area contributed by atoms with E-state index in [1.165, 1.54) is 16.0 Å². The number of thiophene rings is 1. The summed E-state index contributed by atoms with van der Waals surface area (Å²) in [4.78, 5) is 31.5. The minimum atomic E-state index is -0.101. The maximum Gasteiger partial charge on any atom is 0.243 e. The number of fused-ring (bicyclic) bond motifs is 1. The number of carbonyl (C=O) groups is 2. The topological polar surface area (TPSA) is 40.6 Å². The molecule has 1 aromatic carbocycles. The van der Waals surface area contributed by atoms with Crippen molar-refractivity contribution in [3.63, 3.8) is 0 Å². The fraction of sp³-hybridized carbons (Fsp3) is 0.481. The highest BCUT2D eigenvalue weighted by molar-refractivity contribution is 7.10. The molecule has 1 fully saturated rings. The van der Waals surface area contributed by atoms with Crippen LogP contribution in [0.15, 0.2) is 48.4 Å². The Balaban J connectivity index is 1.60. The van der Waals surface area contributed by atoms with E-state index in [1.54, 1.807) is 22.3 Å².